The Kier molecular flexibility index (Phi) is 2.97. The lowest BCUT2D eigenvalue weighted by molar-refractivity contribution is -0.149. The van der Waals surface area contributed by atoms with E-state index in [1.54, 1.807) is 6.92 Å². The first-order valence-corrected chi connectivity index (χ1v) is 4.72. The van der Waals surface area contributed by atoms with Gasteiger partial charge in [0.15, 0.2) is 0 Å². The summed E-state index contributed by atoms with van der Waals surface area (Å²) in [6, 6.07) is -0.513. The molecule has 0 aromatic heterocycles. The van der Waals surface area contributed by atoms with E-state index in [-0.39, 0.29) is 19.0 Å². The smallest absolute Gasteiger partial charge is 0.324 e. The molecule has 15 heavy (non-hydrogen) atoms. The molecular formula is C9H14N2O4. The molecule has 1 aliphatic heterocycles. The lowest BCUT2D eigenvalue weighted by Crippen LogP contribution is -2.43. The van der Waals surface area contributed by atoms with Crippen LogP contribution in [0.2, 0.25) is 0 Å². The van der Waals surface area contributed by atoms with Crippen LogP contribution in [0.5, 0.6) is 0 Å². The van der Waals surface area contributed by atoms with E-state index in [0.29, 0.717) is 6.42 Å². The van der Waals surface area contributed by atoms with Crippen molar-refractivity contribution in [2.24, 2.45) is 5.41 Å². The van der Waals surface area contributed by atoms with Crippen LogP contribution in [0.1, 0.15) is 20.3 Å². The number of aliphatic carboxylic acids is 1. The first-order valence-electron chi connectivity index (χ1n) is 4.72. The largest absolute Gasteiger partial charge is 0.481 e. The molecule has 0 radical (unpaired) electrons. The van der Waals surface area contributed by atoms with Gasteiger partial charge in [0, 0.05) is 6.54 Å². The summed E-state index contributed by atoms with van der Waals surface area (Å²) in [6.07, 6.45) is 0.361. The second kappa shape index (κ2) is 3.88. The zero-order chi connectivity index (χ0) is 11.6. The van der Waals surface area contributed by atoms with Crippen molar-refractivity contribution >= 4 is 17.9 Å². The van der Waals surface area contributed by atoms with E-state index in [9.17, 15) is 14.4 Å². The minimum atomic E-state index is -1.07. The molecule has 1 heterocycles. The van der Waals surface area contributed by atoms with E-state index < -0.39 is 17.4 Å². The average Bonchev–Trinajstić information content (AvgIpc) is 2.49. The monoisotopic (exact) mass is 214 g/mol. The maximum absolute atomic E-state index is 11.3. The molecule has 1 atom stereocenters. The highest BCUT2D eigenvalue weighted by Gasteiger charge is 2.39. The molecule has 1 unspecified atom stereocenters. The van der Waals surface area contributed by atoms with Crippen LogP contribution in [0.15, 0.2) is 0 Å². The number of hydrogen-bond acceptors (Lipinski definition) is 3. The van der Waals surface area contributed by atoms with Gasteiger partial charge in [0.05, 0.1) is 12.0 Å². The van der Waals surface area contributed by atoms with Gasteiger partial charge in [-0.25, -0.2) is 4.79 Å². The van der Waals surface area contributed by atoms with Crippen LogP contribution in [-0.2, 0) is 9.59 Å². The third-order valence-corrected chi connectivity index (χ3v) is 2.74. The van der Waals surface area contributed by atoms with E-state index >= 15 is 0 Å². The van der Waals surface area contributed by atoms with Crippen LogP contribution in [0, 0.1) is 5.41 Å². The number of urea groups is 1. The molecule has 6 heteroatoms. The van der Waals surface area contributed by atoms with Crippen LogP contribution in [0.4, 0.5) is 4.79 Å². The molecule has 6 nitrogen and oxygen atoms in total. The SMILES string of the molecule is CCC(C)(CN1C(=O)CNC1=O)C(=O)O. The Balaban J connectivity index is 2.79. The number of rotatable bonds is 4. The quantitative estimate of drug-likeness (QED) is 0.647. The Morgan fingerprint density at radius 2 is 2.20 bits per heavy atom. The summed E-state index contributed by atoms with van der Waals surface area (Å²) in [7, 11) is 0. The van der Waals surface area contributed by atoms with Crippen molar-refractivity contribution < 1.29 is 19.5 Å². The number of nitrogens with one attached hydrogen (secondary N) is 1. The van der Waals surface area contributed by atoms with Crippen molar-refractivity contribution in [2.45, 2.75) is 20.3 Å². The van der Waals surface area contributed by atoms with E-state index in [1.165, 1.54) is 6.92 Å². The highest BCUT2D eigenvalue weighted by molar-refractivity contribution is 6.02. The van der Waals surface area contributed by atoms with Gasteiger partial charge >= 0.3 is 12.0 Å². The van der Waals surface area contributed by atoms with Crippen LogP contribution in [0.3, 0.4) is 0 Å². The molecule has 3 amide bonds. The summed E-state index contributed by atoms with van der Waals surface area (Å²) >= 11 is 0. The van der Waals surface area contributed by atoms with Crippen LogP contribution < -0.4 is 5.32 Å². The minimum absolute atomic E-state index is 0.0434. The molecule has 1 aliphatic rings. The van der Waals surface area contributed by atoms with Crippen LogP contribution in [-0.4, -0.2) is 41.0 Å². The molecule has 2 N–H and O–H groups in total. The number of carboxylic acid groups (broad SMARTS) is 1. The topological polar surface area (TPSA) is 86.7 Å². The summed E-state index contributed by atoms with van der Waals surface area (Å²) in [6.45, 7) is 3.11. The van der Waals surface area contributed by atoms with Crippen LogP contribution in [0.25, 0.3) is 0 Å². The Morgan fingerprint density at radius 3 is 2.53 bits per heavy atom. The molecule has 0 aliphatic carbocycles. The lowest BCUT2D eigenvalue weighted by atomic mass is 9.87. The Labute approximate surface area is 87.2 Å². The van der Waals surface area contributed by atoms with Gasteiger partial charge in [-0.1, -0.05) is 6.92 Å². The minimum Gasteiger partial charge on any atom is -0.481 e. The second-order valence-corrected chi connectivity index (χ2v) is 3.86. The van der Waals surface area contributed by atoms with Crippen molar-refractivity contribution in [1.82, 2.24) is 10.2 Å². The highest BCUT2D eigenvalue weighted by Crippen LogP contribution is 2.23. The third-order valence-electron chi connectivity index (χ3n) is 2.74. The van der Waals surface area contributed by atoms with E-state index in [4.69, 9.17) is 5.11 Å². The van der Waals surface area contributed by atoms with Crippen molar-refractivity contribution in [3.8, 4) is 0 Å². The fourth-order valence-corrected chi connectivity index (χ4v) is 1.29. The maximum Gasteiger partial charge on any atom is 0.324 e. The molecule has 0 spiro atoms. The van der Waals surface area contributed by atoms with Gasteiger partial charge in [0.2, 0.25) is 5.91 Å². The summed E-state index contributed by atoms with van der Waals surface area (Å²) in [5.74, 6) is -1.38. The molecule has 0 bridgehead atoms. The first kappa shape index (κ1) is 11.5. The first-order chi connectivity index (χ1) is 6.90. The number of amides is 3. The zero-order valence-corrected chi connectivity index (χ0v) is 8.74. The summed E-state index contributed by atoms with van der Waals surface area (Å²) in [5, 5.41) is 11.3. The molecular weight excluding hydrogens is 200 g/mol. The second-order valence-electron chi connectivity index (χ2n) is 3.86. The summed E-state index contributed by atoms with van der Waals surface area (Å²) < 4.78 is 0. The lowest BCUT2D eigenvalue weighted by Gasteiger charge is -2.26. The Morgan fingerprint density at radius 1 is 1.60 bits per heavy atom. The van der Waals surface area contributed by atoms with Gasteiger partial charge in [-0.3, -0.25) is 14.5 Å². The fraction of sp³-hybridized carbons (Fsp3) is 0.667. The standard InChI is InChI=1S/C9H14N2O4/c1-3-9(2,7(13)14)5-11-6(12)4-10-8(11)15/h3-5H2,1-2H3,(H,10,15)(H,13,14). The number of hydrogen-bond donors (Lipinski definition) is 2. The predicted molar refractivity (Wildman–Crippen MR) is 51.1 cm³/mol. The molecule has 1 saturated heterocycles. The van der Waals surface area contributed by atoms with Crippen molar-refractivity contribution in [3.63, 3.8) is 0 Å². The number of carboxylic acids is 1. The molecule has 0 aromatic rings. The molecule has 1 rings (SSSR count). The van der Waals surface area contributed by atoms with Gasteiger partial charge in [0.25, 0.3) is 0 Å². The number of carbonyl (C=O) groups excluding carboxylic acids is 2. The molecule has 0 aromatic carbocycles. The maximum atomic E-state index is 11.3. The fourth-order valence-electron chi connectivity index (χ4n) is 1.29. The summed E-state index contributed by atoms with van der Waals surface area (Å²) in [4.78, 5) is 34.4. The Hall–Kier alpha value is -1.59. The van der Waals surface area contributed by atoms with Crippen molar-refractivity contribution in [1.29, 1.82) is 0 Å². The van der Waals surface area contributed by atoms with Crippen LogP contribution >= 0.6 is 0 Å². The van der Waals surface area contributed by atoms with Crippen molar-refractivity contribution in [2.75, 3.05) is 13.1 Å². The summed E-state index contributed by atoms with van der Waals surface area (Å²) in [5.41, 5.74) is -1.07. The van der Waals surface area contributed by atoms with Gasteiger partial charge in [0.1, 0.15) is 0 Å². The number of nitrogens with zero attached hydrogens (tertiary/aromatic N) is 1. The van der Waals surface area contributed by atoms with Crippen molar-refractivity contribution in [3.05, 3.63) is 0 Å². The molecule has 84 valence electrons. The normalized spacial score (nSPS) is 20.0. The Bertz CT molecular complexity index is 299. The van der Waals surface area contributed by atoms with E-state index in [2.05, 4.69) is 5.32 Å². The van der Waals surface area contributed by atoms with Gasteiger partial charge in [-0.05, 0) is 13.3 Å². The van der Waals surface area contributed by atoms with Gasteiger partial charge in [-0.15, -0.1) is 0 Å². The predicted octanol–water partition coefficient (Wildman–Crippen LogP) is 0.0391. The average molecular weight is 214 g/mol. The highest BCUT2D eigenvalue weighted by atomic mass is 16.4. The number of imide groups is 1. The molecule has 0 saturated carbocycles. The third kappa shape index (κ3) is 2.08. The van der Waals surface area contributed by atoms with E-state index in [0.717, 1.165) is 4.90 Å². The number of carbonyl (C=O) groups is 3. The van der Waals surface area contributed by atoms with Gasteiger partial charge in [-0.2, -0.15) is 0 Å². The van der Waals surface area contributed by atoms with Gasteiger partial charge < -0.3 is 10.4 Å². The van der Waals surface area contributed by atoms with E-state index in [1.807, 2.05) is 0 Å². The zero-order valence-electron chi connectivity index (χ0n) is 8.74. The molecule has 1 fully saturated rings.